The quantitative estimate of drug-likeness (QED) is 0.0446. The summed E-state index contributed by atoms with van der Waals surface area (Å²) < 4.78 is 109. The number of pyridine rings is 5. The molecule has 0 spiro atoms. The number of nitrogens with zero attached hydrogens (tertiary/aromatic N) is 8. The van der Waals surface area contributed by atoms with Crippen LogP contribution < -0.4 is 49.4 Å². The van der Waals surface area contributed by atoms with E-state index in [1.165, 1.54) is 79.9 Å². The van der Waals surface area contributed by atoms with Gasteiger partial charge in [0, 0.05) is 72.5 Å². The third-order valence-corrected chi connectivity index (χ3v) is 23.2. The second-order valence-electron chi connectivity index (χ2n) is 29.7. The van der Waals surface area contributed by atoms with Crippen LogP contribution in [0.5, 0.6) is 11.6 Å². The Hall–Kier alpha value is -9.80. The van der Waals surface area contributed by atoms with E-state index in [4.69, 9.17) is 20.2 Å². The monoisotopic (exact) mass is 1490 g/mol. The fourth-order valence-corrected chi connectivity index (χ4v) is 17.1. The molecule has 1 aliphatic carbocycles. The van der Waals surface area contributed by atoms with Gasteiger partial charge in [-0.3, -0.25) is 14.4 Å². The number of rotatable bonds is 21. The van der Waals surface area contributed by atoms with Crippen LogP contribution in [0.4, 0.5) is 33.3 Å². The molecule has 558 valence electrons. The van der Waals surface area contributed by atoms with Gasteiger partial charge in [0.15, 0.2) is 10.1 Å². The van der Waals surface area contributed by atoms with Crippen molar-refractivity contribution < 1.29 is 53.5 Å². The van der Waals surface area contributed by atoms with Gasteiger partial charge in [-0.05, 0) is 199 Å². The Morgan fingerprint density at radius 1 is 0.590 bits per heavy atom. The van der Waals surface area contributed by atoms with E-state index >= 15 is 0 Å². The number of ether oxygens (including phenoxy) is 2. The zero-order valence-corrected chi connectivity index (χ0v) is 63.8. The van der Waals surface area contributed by atoms with Gasteiger partial charge in [-0.15, -0.1) is 0 Å². The largest absolute Gasteiger partial charge is 0.496 e. The first-order chi connectivity index (χ1) is 49.5. The zero-order valence-electron chi connectivity index (χ0n) is 61.3. The molecule has 3 atom stereocenters. The SMILES string of the molecule is CC1CN(c2ccccc2C(=O)NS(=O)(=O)c2cccc(OCC3CCC3)n2)C(C)(C)C1.CC1CN(c2ncccc2C(=O)NS(=O)(=O)c2cccc(NCc3ccc(C(C)C)cc3)n2)C(C)(C)C1.COc1ccc(F)cc1-c1ccc(C(=O)NS(=O)(=O)c2cccnc2N)c(N2C[C@@H](C)CC2(C)C)n1. The van der Waals surface area contributed by atoms with Gasteiger partial charge in [0.1, 0.15) is 39.7 Å². The summed E-state index contributed by atoms with van der Waals surface area (Å²) in [6.45, 7) is 26.4. The van der Waals surface area contributed by atoms with Crippen LogP contribution in [0.2, 0.25) is 0 Å². The fourth-order valence-electron chi connectivity index (χ4n) is 14.2. The van der Waals surface area contributed by atoms with E-state index in [0.29, 0.717) is 89.3 Å². The number of halogens is 1. The number of anilines is 5. The number of methoxy groups -OCH3 is 1. The molecule has 3 aromatic carbocycles. The Labute approximate surface area is 615 Å². The van der Waals surface area contributed by atoms with E-state index in [2.05, 4.69) is 124 Å². The minimum atomic E-state index is -4.30. The smallest absolute Gasteiger partial charge is 0.281 e. The molecule has 0 radical (unpaired) electrons. The van der Waals surface area contributed by atoms with Crippen LogP contribution in [0, 0.1) is 29.5 Å². The molecule has 8 aromatic rings. The Balaban J connectivity index is 0.000000169. The van der Waals surface area contributed by atoms with E-state index in [9.17, 15) is 44.0 Å². The predicted octanol–water partition coefficient (Wildman–Crippen LogP) is 12.6. The summed E-state index contributed by atoms with van der Waals surface area (Å²) in [4.78, 5) is 66.9. The Morgan fingerprint density at radius 3 is 1.71 bits per heavy atom. The second-order valence-corrected chi connectivity index (χ2v) is 34.6. The Kier molecular flexibility index (Phi) is 23.6. The summed E-state index contributed by atoms with van der Waals surface area (Å²) in [6.07, 6.45) is 9.22. The number of nitrogen functional groups attached to an aromatic ring is 1. The number of benzene rings is 3. The topological polar surface area (TPSA) is 320 Å². The van der Waals surface area contributed by atoms with Crippen LogP contribution >= 0.6 is 0 Å². The van der Waals surface area contributed by atoms with E-state index in [1.54, 1.807) is 54.7 Å². The maximum absolute atomic E-state index is 14.1. The number of carbonyl (C=O) groups excluding carboxylic acids is 3. The molecule has 3 saturated heterocycles. The average molecular weight is 1490 g/mol. The van der Waals surface area contributed by atoms with Crippen LogP contribution in [0.1, 0.15) is 163 Å². The van der Waals surface area contributed by atoms with Crippen LogP contribution in [0.3, 0.4) is 0 Å². The molecule has 24 nitrogen and oxygen atoms in total. The lowest BCUT2D eigenvalue weighted by atomic mass is 9.86. The molecule has 105 heavy (non-hydrogen) atoms. The predicted molar refractivity (Wildman–Crippen MR) is 404 cm³/mol. The number of sulfonamides is 3. The van der Waals surface area contributed by atoms with Gasteiger partial charge < -0.3 is 35.2 Å². The summed E-state index contributed by atoms with van der Waals surface area (Å²) in [5, 5.41) is 2.69. The average Bonchev–Trinajstić information content (AvgIpc) is 1.73. The Bertz CT molecular complexity index is 4850. The van der Waals surface area contributed by atoms with E-state index in [0.717, 1.165) is 56.4 Å². The van der Waals surface area contributed by atoms with Crippen molar-refractivity contribution >= 4 is 76.8 Å². The zero-order chi connectivity index (χ0) is 76.0. The highest BCUT2D eigenvalue weighted by Gasteiger charge is 2.42. The van der Waals surface area contributed by atoms with E-state index in [1.807, 2.05) is 43.0 Å². The lowest BCUT2D eigenvalue weighted by Crippen LogP contribution is -2.41. The molecule has 12 rings (SSSR count). The first-order valence-corrected chi connectivity index (χ1v) is 39.5. The Morgan fingerprint density at radius 2 is 1.13 bits per heavy atom. The van der Waals surface area contributed by atoms with Crippen LogP contribution in [0.15, 0.2) is 167 Å². The van der Waals surface area contributed by atoms with Crippen molar-refractivity contribution in [3.05, 3.63) is 186 Å². The fraction of sp³-hybridized carbons (Fsp3) is 0.403. The highest BCUT2D eigenvalue weighted by atomic mass is 32.2. The van der Waals surface area contributed by atoms with Crippen LogP contribution in [-0.4, -0.2) is 118 Å². The first kappa shape index (κ1) is 77.8. The number of hydrogen-bond acceptors (Lipinski definition) is 21. The third-order valence-electron chi connectivity index (χ3n) is 19.3. The summed E-state index contributed by atoms with van der Waals surface area (Å²) >= 11 is 0. The summed E-state index contributed by atoms with van der Waals surface area (Å²) in [5.41, 5.74) is 9.48. The summed E-state index contributed by atoms with van der Waals surface area (Å²) in [7, 11) is -11.2. The number of nitrogens with one attached hydrogen (secondary N) is 4. The number of hydrogen-bond donors (Lipinski definition) is 5. The van der Waals surface area contributed by atoms with E-state index < -0.39 is 53.6 Å². The van der Waals surface area contributed by atoms with Gasteiger partial charge in [0.05, 0.1) is 36.1 Å². The number of aromatic nitrogens is 5. The molecule has 6 N–H and O–H groups in total. The number of carbonyl (C=O) groups is 3. The van der Waals surface area contributed by atoms with Gasteiger partial charge in [-0.1, -0.05) is 89.6 Å². The van der Waals surface area contributed by atoms with Gasteiger partial charge in [0.25, 0.3) is 47.8 Å². The standard InChI is InChI=1S/C28H35N5O3S.C25H28FN5O4S.C24H31N3O4S/c1-19(2)22-13-11-21(12-14-22)17-30-24-9-6-10-25(31-24)37(35,36)32-27(34)23-8-7-15-29-26(23)33-18-20(3)16-28(33,4)5;1-15-13-25(2,3)31(14-15)23-17(24(32)30-36(33,34)21-6-5-11-28-22(21)27)8-9-19(29-23)18-12-16(26)7-10-20(18)35-4;1-17-14-24(2,3)27(15-17)20-11-5-4-10-19(20)23(28)26-32(29,30)22-13-7-12-21(25-22)31-16-18-8-6-9-18/h6-15,19-20H,16-18H2,1-5H3,(H,30,31)(H,32,34);5-12,15H,13-14H2,1-4H3,(H2,27,28)(H,30,32);4-5,7,10-13,17-18H,6,8-9,14-16H2,1-3H3,(H,26,28)/t;15-;/m.0./s1. The van der Waals surface area contributed by atoms with Crippen molar-refractivity contribution in [2.75, 3.05) is 59.1 Å². The van der Waals surface area contributed by atoms with Crippen molar-refractivity contribution in [3.8, 4) is 22.9 Å². The van der Waals surface area contributed by atoms with E-state index in [-0.39, 0.29) is 54.4 Å². The highest BCUT2D eigenvalue weighted by molar-refractivity contribution is 7.90. The van der Waals surface area contributed by atoms with Gasteiger partial charge in [-0.2, -0.15) is 21.8 Å². The lowest BCUT2D eigenvalue weighted by Gasteiger charge is -2.34. The van der Waals surface area contributed by atoms with Crippen molar-refractivity contribution in [2.45, 2.75) is 159 Å². The van der Waals surface area contributed by atoms with Crippen LogP contribution in [0.25, 0.3) is 11.3 Å². The number of nitrogens with two attached hydrogens (primary N) is 1. The normalized spacial score (nSPS) is 18.2. The van der Waals surface area contributed by atoms with Gasteiger partial charge in [0.2, 0.25) is 5.88 Å². The molecule has 2 unspecified atom stereocenters. The first-order valence-electron chi connectivity index (χ1n) is 35.1. The summed E-state index contributed by atoms with van der Waals surface area (Å²) in [5.74, 6) is 1.07. The molecule has 3 amide bonds. The maximum atomic E-state index is 14.1. The lowest BCUT2D eigenvalue weighted by molar-refractivity contribution is 0.0972. The molecule has 5 aromatic heterocycles. The minimum absolute atomic E-state index is 0.0577. The molecule has 4 aliphatic rings. The molecule has 3 aliphatic heterocycles. The van der Waals surface area contributed by atoms with Gasteiger partial charge >= 0.3 is 0 Å². The third kappa shape index (κ3) is 18.7. The minimum Gasteiger partial charge on any atom is -0.496 e. The van der Waals surface area contributed by atoms with Gasteiger partial charge in [-0.25, -0.2) is 46.9 Å². The molecule has 8 heterocycles. The number of amides is 3. The van der Waals surface area contributed by atoms with Crippen molar-refractivity contribution in [1.82, 2.24) is 39.1 Å². The van der Waals surface area contributed by atoms with Crippen molar-refractivity contribution in [3.63, 3.8) is 0 Å². The van der Waals surface area contributed by atoms with Crippen LogP contribution in [-0.2, 0) is 36.6 Å². The molecule has 4 fully saturated rings. The highest BCUT2D eigenvalue weighted by Crippen LogP contribution is 2.42. The number of para-hydroxylation sites is 1. The molecule has 28 heteroatoms. The molecule has 1 saturated carbocycles. The molecular formula is C77H94FN13O11S3. The molecule has 0 bridgehead atoms. The summed E-state index contributed by atoms with van der Waals surface area (Å²) in [6, 6.07) is 37.6. The second kappa shape index (κ2) is 31.9. The maximum Gasteiger partial charge on any atom is 0.281 e. The molecular weight excluding hydrogens is 1400 g/mol. The van der Waals surface area contributed by atoms with Crippen molar-refractivity contribution in [2.24, 2.45) is 23.7 Å². The van der Waals surface area contributed by atoms with Crippen molar-refractivity contribution in [1.29, 1.82) is 0 Å².